The predicted molar refractivity (Wildman–Crippen MR) is 91.5 cm³/mol. The number of carbonyl (C=O) groups is 5. The van der Waals surface area contributed by atoms with E-state index in [0.29, 0.717) is 22.6 Å². The van der Waals surface area contributed by atoms with Crippen molar-refractivity contribution in [2.24, 2.45) is 0 Å². The first-order valence-electron chi connectivity index (χ1n) is 8.50. The van der Waals surface area contributed by atoms with Crippen LogP contribution < -0.4 is 5.32 Å². The molecule has 8 nitrogen and oxygen atoms in total. The Balaban J connectivity index is 1.76. The average molecular weight is 357 g/mol. The van der Waals surface area contributed by atoms with Crippen LogP contribution in [0.4, 0.5) is 10.5 Å². The van der Waals surface area contributed by atoms with Crippen molar-refractivity contribution in [1.82, 2.24) is 9.80 Å². The first kappa shape index (κ1) is 17.8. The van der Waals surface area contributed by atoms with E-state index >= 15 is 0 Å². The van der Waals surface area contributed by atoms with Gasteiger partial charge in [0.2, 0.25) is 5.91 Å². The van der Waals surface area contributed by atoms with Crippen LogP contribution in [0.15, 0.2) is 18.2 Å². The number of Topliss-reactive ketones (excluding diaryl/α,β-unsaturated/α-hetero) is 1. The van der Waals surface area contributed by atoms with Crippen LogP contribution in [-0.2, 0) is 14.4 Å². The van der Waals surface area contributed by atoms with E-state index in [9.17, 15) is 24.0 Å². The minimum atomic E-state index is -0.981. The van der Waals surface area contributed by atoms with Crippen LogP contribution in [-0.4, -0.2) is 52.4 Å². The molecule has 1 atom stereocenters. The van der Waals surface area contributed by atoms with Gasteiger partial charge >= 0.3 is 17.8 Å². The molecule has 0 bridgehead atoms. The first-order valence-corrected chi connectivity index (χ1v) is 8.50. The number of carbonyl (C=O) groups excluding carboxylic acids is 5. The summed E-state index contributed by atoms with van der Waals surface area (Å²) >= 11 is 0. The molecule has 5 amide bonds. The third kappa shape index (κ3) is 2.87. The molecule has 1 aromatic carbocycles. The van der Waals surface area contributed by atoms with Crippen LogP contribution in [0.5, 0.6) is 0 Å². The van der Waals surface area contributed by atoms with Crippen molar-refractivity contribution in [1.29, 1.82) is 0 Å². The van der Waals surface area contributed by atoms with E-state index in [1.165, 1.54) is 6.07 Å². The minimum absolute atomic E-state index is 0.147. The Morgan fingerprint density at radius 2 is 1.81 bits per heavy atom. The maximum absolute atomic E-state index is 12.5. The second-order valence-corrected chi connectivity index (χ2v) is 6.42. The molecule has 2 heterocycles. The van der Waals surface area contributed by atoms with Gasteiger partial charge in [0.15, 0.2) is 5.78 Å². The summed E-state index contributed by atoms with van der Waals surface area (Å²) < 4.78 is 0. The summed E-state index contributed by atoms with van der Waals surface area (Å²) in [7, 11) is 0. The van der Waals surface area contributed by atoms with Gasteiger partial charge in [-0.3, -0.25) is 24.1 Å². The monoisotopic (exact) mass is 357 g/mol. The highest BCUT2D eigenvalue weighted by atomic mass is 16.2. The molecule has 1 N–H and O–H groups in total. The Morgan fingerprint density at radius 3 is 2.50 bits per heavy atom. The number of hydrogen-bond acceptors (Lipinski definition) is 5. The fourth-order valence-electron chi connectivity index (χ4n) is 3.03. The van der Waals surface area contributed by atoms with E-state index in [0.717, 1.165) is 11.3 Å². The number of anilines is 1. The van der Waals surface area contributed by atoms with Gasteiger partial charge in [0.05, 0.1) is 12.5 Å². The molecule has 0 unspecified atom stereocenters. The second-order valence-electron chi connectivity index (χ2n) is 6.42. The Morgan fingerprint density at radius 1 is 1.12 bits per heavy atom. The molecule has 1 saturated heterocycles. The summed E-state index contributed by atoms with van der Waals surface area (Å²) in [6.45, 7) is 3.30. The number of imide groups is 2. The smallest absolute Gasteiger partial charge is 0.325 e. The quantitative estimate of drug-likeness (QED) is 0.472. The lowest BCUT2D eigenvalue weighted by atomic mass is 9.99. The normalized spacial score (nSPS) is 19.2. The first-order chi connectivity index (χ1) is 12.3. The van der Waals surface area contributed by atoms with E-state index in [1.807, 2.05) is 6.92 Å². The van der Waals surface area contributed by atoms with Crippen molar-refractivity contribution in [2.75, 3.05) is 18.4 Å². The predicted octanol–water partition coefficient (Wildman–Crippen LogP) is 1.52. The van der Waals surface area contributed by atoms with E-state index < -0.39 is 30.2 Å². The molecule has 26 heavy (non-hydrogen) atoms. The molecule has 1 fully saturated rings. The lowest BCUT2D eigenvalue weighted by Crippen LogP contribution is -2.37. The fourth-order valence-corrected chi connectivity index (χ4v) is 3.03. The zero-order chi connectivity index (χ0) is 19.0. The summed E-state index contributed by atoms with van der Waals surface area (Å²) in [5, 5.41) is 2.71. The van der Waals surface area contributed by atoms with Gasteiger partial charge in [0, 0.05) is 17.8 Å². The van der Waals surface area contributed by atoms with Crippen LogP contribution in [0, 0.1) is 0 Å². The number of unbranched alkanes of at least 4 members (excludes halogenated alkanes) is 1. The van der Waals surface area contributed by atoms with Gasteiger partial charge in [-0.15, -0.1) is 0 Å². The van der Waals surface area contributed by atoms with Gasteiger partial charge in [0.25, 0.3) is 0 Å². The Labute approximate surface area is 150 Å². The Bertz CT molecular complexity index is 832. The summed E-state index contributed by atoms with van der Waals surface area (Å²) in [5.74, 6) is -2.86. The van der Waals surface area contributed by atoms with Crippen molar-refractivity contribution < 1.29 is 24.0 Å². The number of nitrogens with one attached hydrogen (secondary N) is 1. The van der Waals surface area contributed by atoms with Gasteiger partial charge in [-0.25, -0.2) is 9.69 Å². The zero-order valence-electron chi connectivity index (χ0n) is 14.6. The number of amides is 5. The molecule has 0 aromatic heterocycles. The number of rotatable bonds is 6. The van der Waals surface area contributed by atoms with Crippen molar-refractivity contribution in [2.45, 2.75) is 32.6 Å². The van der Waals surface area contributed by atoms with Crippen molar-refractivity contribution >= 4 is 35.2 Å². The molecule has 0 radical (unpaired) electrons. The van der Waals surface area contributed by atoms with Gasteiger partial charge in [-0.2, -0.15) is 0 Å². The number of urea groups is 1. The molecule has 136 valence electrons. The lowest BCUT2D eigenvalue weighted by Gasteiger charge is -2.15. The molecule has 0 aliphatic carbocycles. The maximum atomic E-state index is 12.5. The van der Waals surface area contributed by atoms with E-state index in [-0.39, 0.29) is 23.9 Å². The highest BCUT2D eigenvalue weighted by molar-refractivity contribution is 6.45. The maximum Gasteiger partial charge on any atom is 0.334 e. The zero-order valence-corrected chi connectivity index (χ0v) is 14.6. The number of ketones is 1. The lowest BCUT2D eigenvalue weighted by molar-refractivity contribution is -0.143. The number of benzene rings is 1. The molecule has 2 aliphatic rings. The fraction of sp³-hybridized carbons (Fsp3) is 0.389. The SMILES string of the molecule is CCCCN1C(=O)C(=O)N(CC(=O)c2ccc3c(c2)[C@H](C)C(=O)N3)C1=O. The minimum Gasteiger partial charge on any atom is -0.325 e. The summed E-state index contributed by atoms with van der Waals surface area (Å²) in [4.78, 5) is 62.1. The van der Waals surface area contributed by atoms with Gasteiger partial charge < -0.3 is 5.32 Å². The molecule has 0 saturated carbocycles. The van der Waals surface area contributed by atoms with Crippen LogP contribution in [0.1, 0.15) is 48.5 Å². The van der Waals surface area contributed by atoms with Gasteiger partial charge in [-0.1, -0.05) is 13.3 Å². The number of fused-ring (bicyclic) bond motifs is 1. The van der Waals surface area contributed by atoms with Crippen LogP contribution in [0.25, 0.3) is 0 Å². The molecule has 3 rings (SSSR count). The van der Waals surface area contributed by atoms with Crippen LogP contribution in [0.2, 0.25) is 0 Å². The second kappa shape index (κ2) is 6.70. The van der Waals surface area contributed by atoms with Crippen LogP contribution in [0.3, 0.4) is 0 Å². The average Bonchev–Trinajstić information content (AvgIpc) is 3.01. The Hall–Kier alpha value is -3.03. The molecule has 2 aliphatic heterocycles. The van der Waals surface area contributed by atoms with Gasteiger partial charge in [-0.05, 0) is 37.1 Å². The van der Waals surface area contributed by atoms with Crippen LogP contribution >= 0.6 is 0 Å². The standard InChI is InChI=1S/C18H19N3O5/c1-3-4-7-20-16(24)17(25)21(18(20)26)9-14(22)11-5-6-13-12(8-11)10(2)15(23)19-13/h5-6,8,10H,3-4,7,9H2,1-2H3,(H,19,23)/t10-/m0/s1. The molecular weight excluding hydrogens is 338 g/mol. The van der Waals surface area contributed by atoms with Crippen molar-refractivity contribution in [3.8, 4) is 0 Å². The van der Waals surface area contributed by atoms with E-state index in [4.69, 9.17) is 0 Å². The summed E-state index contributed by atoms with van der Waals surface area (Å²) in [5.41, 5.74) is 1.63. The summed E-state index contributed by atoms with van der Waals surface area (Å²) in [6.07, 6.45) is 1.36. The van der Waals surface area contributed by atoms with Crippen molar-refractivity contribution in [3.63, 3.8) is 0 Å². The van der Waals surface area contributed by atoms with Gasteiger partial charge in [0.1, 0.15) is 0 Å². The Kier molecular flexibility index (Phi) is 4.58. The molecule has 8 heteroatoms. The highest BCUT2D eigenvalue weighted by Crippen LogP contribution is 2.32. The number of hydrogen-bond donors (Lipinski definition) is 1. The topological polar surface area (TPSA) is 104 Å². The number of nitrogens with zero attached hydrogens (tertiary/aromatic N) is 2. The van der Waals surface area contributed by atoms with Crippen molar-refractivity contribution in [3.05, 3.63) is 29.3 Å². The largest absolute Gasteiger partial charge is 0.334 e. The third-order valence-electron chi connectivity index (χ3n) is 4.66. The molecular formula is C18H19N3O5. The van der Waals surface area contributed by atoms with E-state index in [1.54, 1.807) is 19.1 Å². The molecule has 0 spiro atoms. The highest BCUT2D eigenvalue weighted by Gasteiger charge is 2.44. The summed E-state index contributed by atoms with van der Waals surface area (Å²) in [6, 6.07) is 3.98. The van der Waals surface area contributed by atoms with E-state index in [2.05, 4.69) is 5.32 Å². The molecule has 1 aromatic rings. The third-order valence-corrected chi connectivity index (χ3v) is 4.66.